The van der Waals surface area contributed by atoms with Crippen molar-refractivity contribution >= 4 is 27.5 Å². The lowest BCUT2D eigenvalue weighted by atomic mass is 10.0. The zero-order chi connectivity index (χ0) is 30.7. The van der Waals surface area contributed by atoms with Crippen LogP contribution in [-0.2, 0) is 39.0 Å². The number of benzene rings is 3. The van der Waals surface area contributed by atoms with E-state index in [1.807, 2.05) is 94.4 Å². The van der Waals surface area contributed by atoms with Crippen LogP contribution in [0.1, 0.15) is 55.9 Å². The van der Waals surface area contributed by atoms with Crippen molar-refractivity contribution in [3.05, 3.63) is 101 Å². The van der Waals surface area contributed by atoms with Gasteiger partial charge in [-0.15, -0.1) is 0 Å². The van der Waals surface area contributed by atoms with Gasteiger partial charge in [0.15, 0.2) is 0 Å². The van der Waals surface area contributed by atoms with Crippen molar-refractivity contribution in [3.63, 3.8) is 0 Å². The highest BCUT2D eigenvalue weighted by atomic mass is 32.2. The number of amides is 2. The van der Waals surface area contributed by atoms with E-state index in [4.69, 9.17) is 0 Å². The molecule has 1 atom stereocenters. The zero-order valence-electron chi connectivity index (χ0n) is 25.5. The molecule has 0 saturated heterocycles. The minimum atomic E-state index is -3.55. The SMILES string of the molecule is CCc1ccc(N(CCCC(=O)N(Cc2ccccc2C)[C@H](Cc2ccccc2)C(=O)NCC(C)C)S(C)(=O)=O)cc1. The summed E-state index contributed by atoms with van der Waals surface area (Å²) in [5, 5.41) is 3.04. The van der Waals surface area contributed by atoms with Gasteiger partial charge in [-0.1, -0.05) is 87.5 Å². The van der Waals surface area contributed by atoms with Crippen LogP contribution in [0.3, 0.4) is 0 Å². The second kappa shape index (κ2) is 15.5. The van der Waals surface area contributed by atoms with E-state index in [0.717, 1.165) is 28.7 Å². The standard InChI is InChI=1S/C34H45N3O4S/c1-6-28-18-20-31(21-19-28)37(42(5,40)41)22-12-17-33(38)36(25-30-16-11-10-13-27(30)4)32(34(39)35-24-26(2)3)23-29-14-8-7-9-15-29/h7-11,13-16,18-21,26,32H,6,12,17,22-25H2,1-5H3,(H,35,39)/t32-/m1/s1. The molecule has 0 aliphatic rings. The third-order valence-corrected chi connectivity index (χ3v) is 8.54. The number of rotatable bonds is 15. The molecule has 0 radical (unpaired) electrons. The van der Waals surface area contributed by atoms with Crippen molar-refractivity contribution in [2.75, 3.05) is 23.7 Å². The van der Waals surface area contributed by atoms with Gasteiger partial charge in [-0.25, -0.2) is 8.42 Å². The maximum absolute atomic E-state index is 14.0. The molecule has 0 aromatic heterocycles. The molecule has 0 bridgehead atoms. The number of nitrogens with zero attached hydrogens (tertiary/aromatic N) is 2. The van der Waals surface area contributed by atoms with Crippen molar-refractivity contribution in [3.8, 4) is 0 Å². The molecule has 3 rings (SSSR count). The van der Waals surface area contributed by atoms with Crippen molar-refractivity contribution in [1.29, 1.82) is 0 Å². The number of hydrogen-bond acceptors (Lipinski definition) is 4. The topological polar surface area (TPSA) is 86.8 Å². The van der Waals surface area contributed by atoms with Gasteiger partial charge in [-0.2, -0.15) is 0 Å². The first kappa shape index (κ1) is 32.9. The van der Waals surface area contributed by atoms with Gasteiger partial charge in [0.25, 0.3) is 0 Å². The molecule has 0 heterocycles. The highest BCUT2D eigenvalue weighted by molar-refractivity contribution is 7.92. The number of carbonyl (C=O) groups is 2. The van der Waals surface area contributed by atoms with Gasteiger partial charge in [0.2, 0.25) is 21.8 Å². The van der Waals surface area contributed by atoms with E-state index in [2.05, 4.69) is 5.32 Å². The molecular formula is C34H45N3O4S. The van der Waals surface area contributed by atoms with E-state index < -0.39 is 16.1 Å². The Labute approximate surface area is 252 Å². The predicted octanol–water partition coefficient (Wildman–Crippen LogP) is 5.52. The van der Waals surface area contributed by atoms with E-state index in [9.17, 15) is 18.0 Å². The summed E-state index contributed by atoms with van der Waals surface area (Å²) >= 11 is 0. The van der Waals surface area contributed by atoms with Gasteiger partial charge in [-0.3, -0.25) is 13.9 Å². The molecule has 0 fully saturated rings. The number of carbonyl (C=O) groups excluding carboxylic acids is 2. The summed E-state index contributed by atoms with van der Waals surface area (Å²) in [4.78, 5) is 29.3. The monoisotopic (exact) mass is 591 g/mol. The van der Waals surface area contributed by atoms with E-state index >= 15 is 0 Å². The number of hydrogen-bond donors (Lipinski definition) is 1. The van der Waals surface area contributed by atoms with E-state index in [0.29, 0.717) is 25.1 Å². The molecule has 0 aliphatic heterocycles. The van der Waals surface area contributed by atoms with Gasteiger partial charge in [0, 0.05) is 32.5 Å². The smallest absolute Gasteiger partial charge is 0.243 e. The first-order valence-electron chi connectivity index (χ1n) is 14.7. The molecule has 8 heteroatoms. The predicted molar refractivity (Wildman–Crippen MR) is 171 cm³/mol. The molecule has 1 N–H and O–H groups in total. The Bertz CT molecular complexity index is 1410. The summed E-state index contributed by atoms with van der Waals surface area (Å²) in [7, 11) is -3.55. The maximum Gasteiger partial charge on any atom is 0.243 e. The summed E-state index contributed by atoms with van der Waals surface area (Å²) in [6.45, 7) is 9.07. The molecule has 42 heavy (non-hydrogen) atoms. The van der Waals surface area contributed by atoms with Crippen LogP contribution in [0.4, 0.5) is 5.69 Å². The minimum absolute atomic E-state index is 0.105. The molecule has 3 aromatic carbocycles. The fourth-order valence-corrected chi connectivity index (χ4v) is 5.81. The quantitative estimate of drug-likeness (QED) is 0.252. The Hall–Kier alpha value is -3.65. The van der Waals surface area contributed by atoms with Crippen LogP contribution < -0.4 is 9.62 Å². The lowest BCUT2D eigenvalue weighted by Gasteiger charge is -2.32. The number of aryl methyl sites for hydroxylation is 2. The molecule has 0 spiro atoms. The van der Waals surface area contributed by atoms with Gasteiger partial charge >= 0.3 is 0 Å². The van der Waals surface area contributed by atoms with Crippen LogP contribution in [0.2, 0.25) is 0 Å². The largest absolute Gasteiger partial charge is 0.354 e. The van der Waals surface area contributed by atoms with E-state index in [1.165, 1.54) is 10.6 Å². The lowest BCUT2D eigenvalue weighted by Crippen LogP contribution is -2.51. The normalized spacial score (nSPS) is 12.1. The first-order chi connectivity index (χ1) is 20.0. The fourth-order valence-electron chi connectivity index (χ4n) is 4.85. The van der Waals surface area contributed by atoms with Crippen molar-refractivity contribution in [1.82, 2.24) is 10.2 Å². The molecular weight excluding hydrogens is 546 g/mol. The Kier molecular flexibility index (Phi) is 12.2. The average Bonchev–Trinajstić information content (AvgIpc) is 2.96. The minimum Gasteiger partial charge on any atom is -0.354 e. The molecule has 2 amide bonds. The maximum atomic E-state index is 14.0. The van der Waals surface area contributed by atoms with Crippen LogP contribution in [-0.4, -0.2) is 50.5 Å². The third kappa shape index (κ3) is 9.72. The molecule has 0 saturated carbocycles. The summed E-state index contributed by atoms with van der Waals surface area (Å²) in [6, 6.07) is 24.3. The highest BCUT2D eigenvalue weighted by Gasteiger charge is 2.31. The fraction of sp³-hybridized carbons (Fsp3) is 0.412. The molecule has 3 aromatic rings. The summed E-state index contributed by atoms with van der Waals surface area (Å²) < 4.78 is 26.7. The van der Waals surface area contributed by atoms with Gasteiger partial charge in [0.05, 0.1) is 11.9 Å². The first-order valence-corrected chi connectivity index (χ1v) is 16.6. The van der Waals surface area contributed by atoms with E-state index in [-0.39, 0.29) is 37.2 Å². The second-order valence-electron chi connectivity index (χ2n) is 11.3. The van der Waals surface area contributed by atoms with Crippen molar-refractivity contribution in [2.24, 2.45) is 5.92 Å². The van der Waals surface area contributed by atoms with Gasteiger partial charge in [0.1, 0.15) is 6.04 Å². The molecule has 7 nitrogen and oxygen atoms in total. The molecule has 0 aliphatic carbocycles. The van der Waals surface area contributed by atoms with Crippen LogP contribution >= 0.6 is 0 Å². The van der Waals surface area contributed by atoms with Crippen LogP contribution in [0.25, 0.3) is 0 Å². The van der Waals surface area contributed by atoms with Gasteiger partial charge in [-0.05, 0) is 60.1 Å². The number of anilines is 1. The zero-order valence-corrected chi connectivity index (χ0v) is 26.4. The van der Waals surface area contributed by atoms with Crippen LogP contribution in [0.15, 0.2) is 78.9 Å². The Morgan fingerprint density at radius 3 is 2.12 bits per heavy atom. The second-order valence-corrected chi connectivity index (χ2v) is 13.2. The van der Waals surface area contributed by atoms with Crippen molar-refractivity contribution in [2.45, 2.75) is 66.0 Å². The summed E-state index contributed by atoms with van der Waals surface area (Å²) in [5.41, 5.74) is 4.66. The summed E-state index contributed by atoms with van der Waals surface area (Å²) in [6.07, 6.45) is 2.84. The number of nitrogens with one attached hydrogen (secondary N) is 1. The molecule has 226 valence electrons. The Morgan fingerprint density at radius 1 is 0.881 bits per heavy atom. The average molecular weight is 592 g/mol. The van der Waals surface area contributed by atoms with Crippen LogP contribution in [0.5, 0.6) is 0 Å². The number of sulfonamides is 1. The van der Waals surface area contributed by atoms with Gasteiger partial charge < -0.3 is 10.2 Å². The molecule has 0 unspecified atom stereocenters. The Balaban J connectivity index is 1.88. The third-order valence-electron chi connectivity index (χ3n) is 7.34. The van der Waals surface area contributed by atoms with Crippen LogP contribution in [0, 0.1) is 12.8 Å². The Morgan fingerprint density at radius 2 is 1.52 bits per heavy atom. The van der Waals surface area contributed by atoms with E-state index in [1.54, 1.807) is 17.0 Å². The van der Waals surface area contributed by atoms with Crippen molar-refractivity contribution < 1.29 is 18.0 Å². The highest BCUT2D eigenvalue weighted by Crippen LogP contribution is 2.22. The summed E-state index contributed by atoms with van der Waals surface area (Å²) in [5.74, 6) is -0.114. The lowest BCUT2D eigenvalue weighted by molar-refractivity contribution is -0.141.